The average molecular weight is 469 g/mol. The zero-order chi connectivity index (χ0) is 22.9. The molecule has 7 nitrogen and oxygen atoms in total. The quantitative estimate of drug-likeness (QED) is 0.416. The van der Waals surface area contributed by atoms with Crippen LogP contribution in [0, 0.1) is 5.92 Å². The minimum Gasteiger partial charge on any atom is -0.493 e. The molecule has 1 fully saturated rings. The highest BCUT2D eigenvalue weighted by molar-refractivity contribution is 7.13. The van der Waals surface area contributed by atoms with Crippen molar-refractivity contribution < 1.29 is 14.1 Å². The molecule has 8 heteroatoms. The van der Waals surface area contributed by atoms with Crippen molar-refractivity contribution in [3.05, 3.63) is 53.2 Å². The van der Waals surface area contributed by atoms with Crippen LogP contribution in [0.4, 0.5) is 0 Å². The highest BCUT2D eigenvalue weighted by Crippen LogP contribution is 2.23. The molecule has 1 N–H and O–H groups in total. The Morgan fingerprint density at radius 3 is 3.06 bits per heavy atom. The van der Waals surface area contributed by atoms with E-state index in [4.69, 9.17) is 9.26 Å². The van der Waals surface area contributed by atoms with Crippen LogP contribution >= 0.6 is 11.3 Å². The van der Waals surface area contributed by atoms with Crippen LogP contribution in [0.2, 0.25) is 0 Å². The molecule has 0 spiro atoms. The molecule has 0 saturated carbocycles. The third-order valence-electron chi connectivity index (χ3n) is 5.80. The number of nitrogens with zero attached hydrogens (tertiary/aromatic N) is 3. The molecular weight excluding hydrogens is 436 g/mol. The summed E-state index contributed by atoms with van der Waals surface area (Å²) in [5, 5.41) is 9.22. The van der Waals surface area contributed by atoms with Crippen LogP contribution in [0.25, 0.3) is 10.7 Å². The lowest BCUT2D eigenvalue weighted by Gasteiger charge is -2.30. The second kappa shape index (κ2) is 12.0. The molecule has 1 saturated heterocycles. The number of aryl methyl sites for hydroxylation is 1. The third-order valence-corrected chi connectivity index (χ3v) is 6.67. The zero-order valence-corrected chi connectivity index (χ0v) is 20.0. The maximum absolute atomic E-state index is 12.8. The highest BCUT2D eigenvalue weighted by Gasteiger charge is 2.26. The van der Waals surface area contributed by atoms with E-state index in [0.29, 0.717) is 24.8 Å². The van der Waals surface area contributed by atoms with Crippen LogP contribution in [0.1, 0.15) is 44.1 Å². The molecule has 0 aliphatic carbocycles. The number of para-hydroxylation sites is 1. The van der Waals surface area contributed by atoms with Gasteiger partial charge in [-0.25, -0.2) is 0 Å². The number of carbonyl (C=O) groups excluding carboxylic acids is 1. The number of likely N-dealkylation sites (tertiary alicyclic amines) is 1. The van der Waals surface area contributed by atoms with Crippen molar-refractivity contribution in [3.63, 3.8) is 0 Å². The van der Waals surface area contributed by atoms with E-state index in [-0.39, 0.29) is 11.8 Å². The zero-order valence-electron chi connectivity index (χ0n) is 19.2. The van der Waals surface area contributed by atoms with Crippen molar-refractivity contribution >= 4 is 17.2 Å². The summed E-state index contributed by atoms with van der Waals surface area (Å²) in [5.41, 5.74) is 1.20. The van der Waals surface area contributed by atoms with Crippen LogP contribution in [-0.2, 0) is 17.8 Å². The molecule has 176 valence electrons. The first-order valence-electron chi connectivity index (χ1n) is 11.8. The number of hydrogen-bond acceptors (Lipinski definition) is 7. The van der Waals surface area contributed by atoms with Crippen LogP contribution in [0.5, 0.6) is 5.75 Å². The molecule has 1 aliphatic heterocycles. The highest BCUT2D eigenvalue weighted by atomic mass is 32.1. The second-order valence-electron chi connectivity index (χ2n) is 8.41. The Morgan fingerprint density at radius 1 is 1.30 bits per heavy atom. The van der Waals surface area contributed by atoms with Gasteiger partial charge in [-0.1, -0.05) is 36.3 Å². The van der Waals surface area contributed by atoms with Gasteiger partial charge < -0.3 is 14.6 Å². The fraction of sp³-hybridized carbons (Fsp3) is 0.480. The SMILES string of the molecule is CCCOc1ccccc1CCCNC(=O)C1CCCN(Cc2nc(-c3cccs3)no2)C1. The summed E-state index contributed by atoms with van der Waals surface area (Å²) in [6, 6.07) is 12.1. The Labute approximate surface area is 199 Å². The number of ether oxygens (including phenoxy) is 1. The maximum atomic E-state index is 12.8. The molecular formula is C25H32N4O3S. The van der Waals surface area contributed by atoms with Gasteiger partial charge in [0.2, 0.25) is 17.6 Å². The number of amides is 1. The number of piperidine rings is 1. The Morgan fingerprint density at radius 2 is 2.21 bits per heavy atom. The van der Waals surface area contributed by atoms with Gasteiger partial charge in [0.15, 0.2) is 0 Å². The average Bonchev–Trinajstić information content (AvgIpc) is 3.53. The van der Waals surface area contributed by atoms with Crippen LogP contribution in [0.15, 0.2) is 46.3 Å². The van der Waals surface area contributed by atoms with Crippen molar-refractivity contribution in [1.29, 1.82) is 0 Å². The summed E-state index contributed by atoms with van der Waals surface area (Å²) in [5.74, 6) is 2.33. The van der Waals surface area contributed by atoms with Crippen molar-refractivity contribution in [3.8, 4) is 16.5 Å². The van der Waals surface area contributed by atoms with Gasteiger partial charge in [-0.05, 0) is 61.7 Å². The maximum Gasteiger partial charge on any atom is 0.241 e. The molecule has 4 rings (SSSR count). The van der Waals surface area contributed by atoms with E-state index in [2.05, 4.69) is 33.3 Å². The lowest BCUT2D eigenvalue weighted by atomic mass is 9.97. The lowest BCUT2D eigenvalue weighted by Crippen LogP contribution is -2.43. The molecule has 2 aromatic heterocycles. The van der Waals surface area contributed by atoms with Crippen molar-refractivity contribution in [2.75, 3.05) is 26.2 Å². The van der Waals surface area contributed by atoms with E-state index in [1.54, 1.807) is 11.3 Å². The standard InChI is InChI=1S/C25H32N4O3S/c1-2-15-31-21-11-4-3-8-19(21)9-5-13-26-25(30)20-10-6-14-29(17-20)18-23-27-24(28-32-23)22-12-7-16-33-22/h3-4,7-8,11-12,16,20H,2,5-6,9-10,13-15,17-18H2,1H3,(H,26,30). The monoisotopic (exact) mass is 468 g/mol. The van der Waals surface area contributed by atoms with Crippen molar-refractivity contribution in [2.45, 2.75) is 45.6 Å². The summed E-state index contributed by atoms with van der Waals surface area (Å²) in [4.78, 5) is 20.5. The van der Waals surface area contributed by atoms with Crippen LogP contribution in [0.3, 0.4) is 0 Å². The van der Waals surface area contributed by atoms with Crippen molar-refractivity contribution in [2.24, 2.45) is 5.92 Å². The summed E-state index contributed by atoms with van der Waals surface area (Å²) in [7, 11) is 0. The van der Waals surface area contributed by atoms with Gasteiger partial charge in [-0.3, -0.25) is 9.69 Å². The smallest absolute Gasteiger partial charge is 0.241 e. The fourth-order valence-electron chi connectivity index (χ4n) is 4.13. The molecule has 0 radical (unpaired) electrons. The Bertz CT molecular complexity index is 1000. The molecule has 33 heavy (non-hydrogen) atoms. The summed E-state index contributed by atoms with van der Waals surface area (Å²) < 4.78 is 11.3. The van der Waals surface area contributed by atoms with Crippen molar-refractivity contribution in [1.82, 2.24) is 20.4 Å². The van der Waals surface area contributed by atoms with Gasteiger partial charge in [-0.15, -0.1) is 11.3 Å². The molecule has 1 amide bonds. The number of rotatable bonds is 11. The molecule has 3 heterocycles. The van der Waals surface area contributed by atoms with E-state index in [0.717, 1.165) is 62.4 Å². The number of nitrogens with one attached hydrogen (secondary N) is 1. The first kappa shape index (κ1) is 23.4. The first-order valence-corrected chi connectivity index (χ1v) is 12.7. The number of hydrogen-bond donors (Lipinski definition) is 1. The summed E-state index contributed by atoms with van der Waals surface area (Å²) >= 11 is 1.59. The second-order valence-corrected chi connectivity index (χ2v) is 9.36. The predicted octanol–water partition coefficient (Wildman–Crippen LogP) is 4.55. The molecule has 1 unspecified atom stereocenters. The van der Waals surface area contributed by atoms with Gasteiger partial charge in [0, 0.05) is 13.1 Å². The number of benzene rings is 1. The van der Waals surface area contributed by atoms with Gasteiger partial charge in [-0.2, -0.15) is 4.98 Å². The normalized spacial score (nSPS) is 16.6. The molecule has 1 aromatic carbocycles. The van der Waals surface area contributed by atoms with E-state index >= 15 is 0 Å². The fourth-order valence-corrected chi connectivity index (χ4v) is 4.78. The van der Waals surface area contributed by atoms with E-state index < -0.39 is 0 Å². The molecule has 0 bridgehead atoms. The summed E-state index contributed by atoms with van der Waals surface area (Å²) in [6.45, 7) is 5.74. The first-order chi connectivity index (χ1) is 16.2. The van der Waals surface area contributed by atoms with E-state index in [9.17, 15) is 4.79 Å². The Balaban J connectivity index is 1.21. The summed E-state index contributed by atoms with van der Waals surface area (Å²) in [6.07, 6.45) is 4.68. The number of carbonyl (C=O) groups is 1. The van der Waals surface area contributed by atoms with E-state index in [1.807, 2.05) is 35.7 Å². The van der Waals surface area contributed by atoms with Gasteiger partial charge in [0.05, 0.1) is 23.9 Å². The minimum absolute atomic E-state index is 0.00129. The molecule has 1 atom stereocenters. The van der Waals surface area contributed by atoms with Crippen LogP contribution < -0.4 is 10.1 Å². The number of aromatic nitrogens is 2. The third kappa shape index (κ3) is 6.65. The van der Waals surface area contributed by atoms with Crippen LogP contribution in [-0.4, -0.2) is 47.2 Å². The minimum atomic E-state index is -0.00129. The molecule has 3 aromatic rings. The van der Waals surface area contributed by atoms with E-state index in [1.165, 1.54) is 5.56 Å². The van der Waals surface area contributed by atoms with Gasteiger partial charge >= 0.3 is 0 Å². The van der Waals surface area contributed by atoms with Gasteiger partial charge in [0.1, 0.15) is 5.75 Å². The predicted molar refractivity (Wildman–Crippen MR) is 129 cm³/mol. The number of thiophene rings is 1. The Hall–Kier alpha value is -2.71. The lowest BCUT2D eigenvalue weighted by molar-refractivity contribution is -0.126. The van der Waals surface area contributed by atoms with Gasteiger partial charge in [0.25, 0.3) is 0 Å². The Kier molecular flexibility index (Phi) is 8.49. The largest absolute Gasteiger partial charge is 0.493 e. The molecule has 1 aliphatic rings. The topological polar surface area (TPSA) is 80.5 Å².